The monoisotopic (exact) mass is 443 g/mol. The molecule has 0 saturated carbocycles. The summed E-state index contributed by atoms with van der Waals surface area (Å²) in [6.07, 6.45) is 3.32. The third kappa shape index (κ3) is 4.99. The Bertz CT molecular complexity index is 931. The average Bonchev–Trinajstić information content (AvgIpc) is 3.09. The highest BCUT2D eigenvalue weighted by atomic mass is 19.1. The summed E-state index contributed by atoms with van der Waals surface area (Å²) in [6, 6.07) is 12.2. The molecule has 3 rings (SSSR count). The Kier molecular flexibility index (Phi) is 7.96. The van der Waals surface area contributed by atoms with Crippen molar-refractivity contribution in [3.8, 4) is 0 Å². The summed E-state index contributed by atoms with van der Waals surface area (Å²) in [7, 11) is 1.62. The van der Waals surface area contributed by atoms with Crippen molar-refractivity contribution in [1.29, 1.82) is 0 Å². The fraction of sp³-hybridized carbons (Fsp3) is 0.440. The lowest BCUT2D eigenvalue weighted by Gasteiger charge is -2.37. The first kappa shape index (κ1) is 23.9. The zero-order chi connectivity index (χ0) is 23.1. The third-order valence-electron chi connectivity index (χ3n) is 5.98. The Hall–Kier alpha value is -2.80. The SMILES string of the molecule is CCCCC1C(c2ccc(F)cc2)=NN(c2ccc(F)cc2)C1(C)C(=O)NCCCOC. The van der Waals surface area contributed by atoms with Gasteiger partial charge in [0, 0.05) is 26.2 Å². The molecule has 2 unspecified atom stereocenters. The maximum Gasteiger partial charge on any atom is 0.248 e. The summed E-state index contributed by atoms with van der Waals surface area (Å²) in [5.41, 5.74) is 1.11. The summed E-state index contributed by atoms with van der Waals surface area (Å²) < 4.78 is 32.3. The van der Waals surface area contributed by atoms with Gasteiger partial charge in [0.2, 0.25) is 5.91 Å². The number of methoxy groups -OCH3 is 1. The summed E-state index contributed by atoms with van der Waals surface area (Å²) in [5.74, 6) is -1.06. The standard InChI is InChI=1S/C25H31F2N3O2/c1-4-5-7-22-23(18-8-10-19(26)11-9-18)29-30(21-14-12-20(27)13-15-21)25(22,2)24(31)28-16-6-17-32-3/h8-15,22H,4-7,16-17H2,1-3H3,(H,28,31). The van der Waals surface area contributed by atoms with Crippen LogP contribution in [-0.2, 0) is 9.53 Å². The minimum atomic E-state index is -1.02. The van der Waals surface area contributed by atoms with E-state index in [1.807, 2.05) is 6.92 Å². The van der Waals surface area contributed by atoms with Crippen LogP contribution in [0.4, 0.5) is 14.5 Å². The van der Waals surface area contributed by atoms with Crippen LogP contribution in [0.5, 0.6) is 0 Å². The molecule has 0 aliphatic carbocycles. The molecule has 172 valence electrons. The molecule has 1 heterocycles. The molecule has 2 atom stereocenters. The maximum absolute atomic E-state index is 13.6. The molecule has 1 N–H and O–H groups in total. The summed E-state index contributed by atoms with van der Waals surface area (Å²) >= 11 is 0. The average molecular weight is 444 g/mol. The highest BCUT2D eigenvalue weighted by Crippen LogP contribution is 2.41. The molecule has 5 nitrogen and oxygen atoms in total. The topological polar surface area (TPSA) is 53.9 Å². The minimum Gasteiger partial charge on any atom is -0.385 e. The van der Waals surface area contributed by atoms with Crippen LogP contribution >= 0.6 is 0 Å². The number of amides is 1. The third-order valence-corrected chi connectivity index (χ3v) is 5.98. The van der Waals surface area contributed by atoms with Crippen LogP contribution in [0.3, 0.4) is 0 Å². The summed E-state index contributed by atoms with van der Waals surface area (Å²) in [4.78, 5) is 13.6. The number of anilines is 1. The molecule has 32 heavy (non-hydrogen) atoms. The highest BCUT2D eigenvalue weighted by molar-refractivity contribution is 6.10. The van der Waals surface area contributed by atoms with Gasteiger partial charge in [-0.15, -0.1) is 0 Å². The van der Waals surface area contributed by atoms with Crippen LogP contribution in [0, 0.1) is 17.6 Å². The van der Waals surface area contributed by atoms with E-state index in [1.165, 1.54) is 24.3 Å². The van der Waals surface area contributed by atoms with E-state index in [9.17, 15) is 13.6 Å². The summed E-state index contributed by atoms with van der Waals surface area (Å²) in [6.45, 7) is 5.01. The van der Waals surface area contributed by atoms with E-state index >= 15 is 0 Å². The van der Waals surface area contributed by atoms with Gasteiger partial charge >= 0.3 is 0 Å². The smallest absolute Gasteiger partial charge is 0.248 e. The number of hydrogen-bond donors (Lipinski definition) is 1. The zero-order valence-electron chi connectivity index (χ0n) is 18.9. The molecule has 0 bridgehead atoms. The molecule has 2 aromatic carbocycles. The van der Waals surface area contributed by atoms with Crippen LogP contribution in [0.1, 0.15) is 45.1 Å². The quantitative estimate of drug-likeness (QED) is 0.531. The molecule has 0 aromatic heterocycles. The van der Waals surface area contributed by atoms with E-state index in [4.69, 9.17) is 9.84 Å². The van der Waals surface area contributed by atoms with Gasteiger partial charge in [0.1, 0.15) is 17.2 Å². The normalized spacial score (nSPS) is 20.3. The zero-order valence-corrected chi connectivity index (χ0v) is 18.9. The van der Waals surface area contributed by atoms with Crippen molar-refractivity contribution in [3.63, 3.8) is 0 Å². The predicted octanol–water partition coefficient (Wildman–Crippen LogP) is 4.91. The number of unbranched alkanes of at least 4 members (excludes halogenated alkanes) is 1. The van der Waals surface area contributed by atoms with Gasteiger partial charge in [-0.2, -0.15) is 5.10 Å². The number of hydrogen-bond acceptors (Lipinski definition) is 4. The Labute approximate surface area is 188 Å². The Morgan fingerprint density at radius 2 is 1.72 bits per heavy atom. The van der Waals surface area contributed by atoms with Crippen molar-refractivity contribution in [1.82, 2.24) is 5.32 Å². The lowest BCUT2D eigenvalue weighted by molar-refractivity contribution is -0.126. The summed E-state index contributed by atoms with van der Waals surface area (Å²) in [5, 5.41) is 9.58. The second-order valence-electron chi connectivity index (χ2n) is 8.22. The number of ether oxygens (including phenoxy) is 1. The fourth-order valence-corrected chi connectivity index (χ4v) is 4.16. The number of hydrazone groups is 1. The molecule has 1 aliphatic heterocycles. The first-order chi connectivity index (χ1) is 15.4. The molecule has 2 aromatic rings. The molecule has 0 saturated heterocycles. The molecule has 1 amide bonds. The van der Waals surface area contributed by atoms with Gasteiger partial charge in [0.15, 0.2) is 0 Å². The van der Waals surface area contributed by atoms with Crippen molar-refractivity contribution < 1.29 is 18.3 Å². The second kappa shape index (κ2) is 10.7. The minimum absolute atomic E-state index is 0.153. The molecule has 0 fully saturated rings. The highest BCUT2D eigenvalue weighted by Gasteiger charge is 2.53. The van der Waals surface area contributed by atoms with Crippen LogP contribution in [-0.4, -0.2) is 37.4 Å². The molecule has 0 spiro atoms. The number of nitrogens with one attached hydrogen (secondary N) is 1. The first-order valence-electron chi connectivity index (χ1n) is 11.1. The lowest BCUT2D eigenvalue weighted by atomic mass is 9.77. The van der Waals surface area contributed by atoms with Crippen molar-refractivity contribution in [3.05, 3.63) is 65.7 Å². The van der Waals surface area contributed by atoms with E-state index < -0.39 is 5.54 Å². The number of rotatable bonds is 10. The first-order valence-corrected chi connectivity index (χ1v) is 11.1. The number of nitrogens with zero attached hydrogens (tertiary/aromatic N) is 2. The number of carbonyl (C=O) groups is 1. The molecular formula is C25H31F2N3O2. The van der Waals surface area contributed by atoms with E-state index in [0.717, 1.165) is 30.5 Å². The predicted molar refractivity (Wildman–Crippen MR) is 123 cm³/mol. The van der Waals surface area contributed by atoms with Gasteiger partial charge in [0.25, 0.3) is 0 Å². The van der Waals surface area contributed by atoms with Crippen molar-refractivity contribution in [2.45, 2.75) is 45.1 Å². The van der Waals surface area contributed by atoms with Gasteiger partial charge in [-0.1, -0.05) is 31.9 Å². The lowest BCUT2D eigenvalue weighted by Crippen LogP contribution is -2.58. The Balaban J connectivity index is 2.04. The molecule has 0 radical (unpaired) electrons. The van der Waals surface area contributed by atoms with Crippen molar-refractivity contribution >= 4 is 17.3 Å². The number of carbonyl (C=O) groups excluding carboxylic acids is 1. The number of benzene rings is 2. The van der Waals surface area contributed by atoms with Crippen molar-refractivity contribution in [2.24, 2.45) is 11.0 Å². The molecule has 1 aliphatic rings. The van der Waals surface area contributed by atoms with E-state index in [1.54, 1.807) is 36.4 Å². The number of halogens is 2. The van der Waals surface area contributed by atoms with Crippen LogP contribution in [0.15, 0.2) is 53.6 Å². The van der Waals surface area contributed by atoms with Gasteiger partial charge in [0.05, 0.1) is 11.4 Å². The van der Waals surface area contributed by atoms with Crippen LogP contribution in [0.25, 0.3) is 0 Å². The van der Waals surface area contributed by atoms with Gasteiger partial charge < -0.3 is 10.1 Å². The Morgan fingerprint density at radius 3 is 2.31 bits per heavy atom. The van der Waals surface area contributed by atoms with Crippen molar-refractivity contribution in [2.75, 3.05) is 25.3 Å². The van der Waals surface area contributed by atoms with Crippen LogP contribution in [0.2, 0.25) is 0 Å². The molecular weight excluding hydrogens is 412 g/mol. The van der Waals surface area contributed by atoms with Gasteiger partial charge in [-0.25, -0.2) is 13.8 Å². The fourth-order valence-electron chi connectivity index (χ4n) is 4.16. The maximum atomic E-state index is 13.6. The molecule has 7 heteroatoms. The van der Waals surface area contributed by atoms with E-state index in [-0.39, 0.29) is 23.5 Å². The Morgan fingerprint density at radius 1 is 1.09 bits per heavy atom. The van der Waals surface area contributed by atoms with Crippen LogP contribution < -0.4 is 10.3 Å². The van der Waals surface area contributed by atoms with Gasteiger partial charge in [-0.05, 0) is 61.7 Å². The van der Waals surface area contributed by atoms with Gasteiger partial charge in [-0.3, -0.25) is 4.79 Å². The second-order valence-corrected chi connectivity index (χ2v) is 8.22. The largest absolute Gasteiger partial charge is 0.385 e. The van der Waals surface area contributed by atoms with E-state index in [2.05, 4.69) is 12.2 Å². The van der Waals surface area contributed by atoms with E-state index in [0.29, 0.717) is 25.3 Å².